The zero-order valence-corrected chi connectivity index (χ0v) is 26.0. The molecule has 2 amide bonds. The Labute approximate surface area is 260 Å². The molecule has 1 atom stereocenters. The molecule has 2 heterocycles. The van der Waals surface area contributed by atoms with Crippen LogP contribution in [0.3, 0.4) is 0 Å². The van der Waals surface area contributed by atoms with Crippen LogP contribution in [-0.4, -0.2) is 17.5 Å². The lowest BCUT2D eigenvalue weighted by atomic mass is 9.72. The van der Waals surface area contributed by atoms with E-state index in [2.05, 4.69) is 26.1 Å². The molecule has 2 aliphatic rings. The number of rotatable bonds is 5. The van der Waals surface area contributed by atoms with Gasteiger partial charge in [-0.05, 0) is 84.2 Å². The summed E-state index contributed by atoms with van der Waals surface area (Å²) in [6, 6.07) is 22.2. The van der Waals surface area contributed by atoms with Crippen LogP contribution in [0.15, 0.2) is 77.8 Å². The van der Waals surface area contributed by atoms with E-state index in [0.717, 1.165) is 41.6 Å². The average Bonchev–Trinajstić information content (AvgIpc) is 3.45. The Morgan fingerprint density at radius 2 is 1.67 bits per heavy atom. The van der Waals surface area contributed by atoms with Gasteiger partial charge in [-0.1, -0.05) is 74.3 Å². The number of hydrogen-bond acceptors (Lipinski definition) is 4. The molecule has 42 heavy (non-hydrogen) atoms. The van der Waals surface area contributed by atoms with Crippen LogP contribution in [-0.2, 0) is 24.2 Å². The molecule has 3 aromatic carbocycles. The molecule has 1 aliphatic heterocycles. The Balaban J connectivity index is 1.41. The van der Waals surface area contributed by atoms with Gasteiger partial charge < -0.3 is 10.2 Å². The minimum Gasteiger partial charge on any atom is -0.322 e. The number of amides is 2. The lowest BCUT2D eigenvalue weighted by Crippen LogP contribution is -2.29. The van der Waals surface area contributed by atoms with Crippen molar-refractivity contribution in [3.63, 3.8) is 0 Å². The molecule has 0 unspecified atom stereocenters. The van der Waals surface area contributed by atoms with E-state index in [1.165, 1.54) is 16.2 Å². The number of thiophene rings is 1. The van der Waals surface area contributed by atoms with Crippen molar-refractivity contribution in [3.8, 4) is 0 Å². The molecule has 0 spiro atoms. The number of benzene rings is 3. The number of aliphatic imine (C=N–C) groups is 1. The van der Waals surface area contributed by atoms with Crippen molar-refractivity contribution >= 4 is 68.4 Å². The summed E-state index contributed by atoms with van der Waals surface area (Å²) in [5.41, 5.74) is 5.30. The fourth-order valence-electron chi connectivity index (χ4n) is 5.75. The van der Waals surface area contributed by atoms with Gasteiger partial charge in [0.2, 0.25) is 0 Å². The number of fused-ring (bicyclic) bond motifs is 2. The molecule has 1 aliphatic carbocycles. The predicted octanol–water partition coefficient (Wildman–Crippen LogP) is 9.13. The molecule has 1 N–H and O–H groups in total. The molecule has 8 heteroatoms. The number of nitrogens with zero attached hydrogens (tertiary/aromatic N) is 2. The number of para-hydroxylation sites is 1. The van der Waals surface area contributed by atoms with Crippen LogP contribution in [0.5, 0.6) is 0 Å². The third-order valence-corrected chi connectivity index (χ3v) is 9.82. The summed E-state index contributed by atoms with van der Waals surface area (Å²) in [6.07, 6.45) is 2.69. The predicted molar refractivity (Wildman–Crippen MR) is 174 cm³/mol. The molecule has 5 nitrogen and oxygen atoms in total. The maximum atomic E-state index is 13.9. The Kier molecular flexibility index (Phi) is 7.73. The van der Waals surface area contributed by atoms with Gasteiger partial charge >= 0.3 is 0 Å². The van der Waals surface area contributed by atoms with Crippen molar-refractivity contribution < 1.29 is 9.59 Å². The quantitative estimate of drug-likeness (QED) is 0.243. The highest BCUT2D eigenvalue weighted by molar-refractivity contribution is 7.16. The number of nitrogens with one attached hydrogen (secondary N) is 1. The van der Waals surface area contributed by atoms with E-state index in [0.29, 0.717) is 44.5 Å². The molecule has 4 aromatic rings. The Hall–Kier alpha value is -3.45. The van der Waals surface area contributed by atoms with Gasteiger partial charge in [-0.15, -0.1) is 11.3 Å². The minimum absolute atomic E-state index is 0.155. The van der Waals surface area contributed by atoms with Crippen LogP contribution >= 0.6 is 34.5 Å². The summed E-state index contributed by atoms with van der Waals surface area (Å²) in [7, 11) is 0. The number of anilines is 2. The summed E-state index contributed by atoms with van der Waals surface area (Å²) >= 11 is 13.7. The first-order valence-corrected chi connectivity index (χ1v) is 15.6. The minimum atomic E-state index is -0.222. The fourth-order valence-corrected chi connectivity index (χ4v) is 7.30. The third kappa shape index (κ3) is 5.63. The van der Waals surface area contributed by atoms with Gasteiger partial charge in [0.05, 0.1) is 17.8 Å². The summed E-state index contributed by atoms with van der Waals surface area (Å²) < 4.78 is 0. The molecule has 6 rings (SSSR count). The molecular weight excluding hydrogens is 585 g/mol. The highest BCUT2D eigenvalue weighted by atomic mass is 35.5. The van der Waals surface area contributed by atoms with Gasteiger partial charge in [-0.25, -0.2) is 4.99 Å². The molecule has 0 saturated heterocycles. The van der Waals surface area contributed by atoms with Crippen molar-refractivity contribution in [1.82, 2.24) is 0 Å². The normalized spacial score (nSPS) is 17.4. The lowest BCUT2D eigenvalue weighted by molar-refractivity contribution is -0.112. The van der Waals surface area contributed by atoms with Crippen LogP contribution in [0.4, 0.5) is 16.4 Å². The number of halogens is 2. The first-order valence-electron chi connectivity index (χ1n) is 14.0. The second kappa shape index (κ2) is 11.3. The molecule has 0 fully saturated rings. The largest absolute Gasteiger partial charge is 0.322 e. The molecular formula is C34H31Cl2N3O2S. The number of hydrogen-bond donors (Lipinski definition) is 1. The zero-order chi connectivity index (χ0) is 29.6. The van der Waals surface area contributed by atoms with Gasteiger partial charge in [-0.3, -0.25) is 9.59 Å². The van der Waals surface area contributed by atoms with E-state index < -0.39 is 0 Å². The van der Waals surface area contributed by atoms with Crippen molar-refractivity contribution in [2.45, 2.75) is 46.6 Å². The van der Waals surface area contributed by atoms with Gasteiger partial charge in [0.15, 0.2) is 0 Å². The highest BCUT2D eigenvalue weighted by Crippen LogP contribution is 2.46. The molecule has 0 saturated carbocycles. The van der Waals surface area contributed by atoms with E-state index in [1.807, 2.05) is 48.5 Å². The summed E-state index contributed by atoms with van der Waals surface area (Å²) in [6.45, 7) is 7.21. The smallest absolute Gasteiger partial charge is 0.277 e. The van der Waals surface area contributed by atoms with Crippen LogP contribution < -0.4 is 10.2 Å². The maximum Gasteiger partial charge on any atom is 0.277 e. The van der Waals surface area contributed by atoms with Crippen molar-refractivity contribution in [2.24, 2.45) is 16.3 Å². The highest BCUT2D eigenvalue weighted by Gasteiger charge is 2.37. The van der Waals surface area contributed by atoms with Crippen LogP contribution in [0.2, 0.25) is 10.0 Å². The summed E-state index contributed by atoms with van der Waals surface area (Å²) in [4.78, 5) is 35.7. The van der Waals surface area contributed by atoms with E-state index in [-0.39, 0.29) is 17.2 Å². The van der Waals surface area contributed by atoms with Gasteiger partial charge in [0, 0.05) is 26.2 Å². The van der Waals surface area contributed by atoms with Crippen LogP contribution in [0, 0.1) is 11.3 Å². The van der Waals surface area contributed by atoms with Crippen LogP contribution in [0.1, 0.15) is 59.1 Å². The molecule has 1 aromatic heterocycles. The van der Waals surface area contributed by atoms with Gasteiger partial charge in [-0.2, -0.15) is 0 Å². The van der Waals surface area contributed by atoms with Crippen molar-refractivity contribution in [3.05, 3.63) is 110 Å². The topological polar surface area (TPSA) is 61.8 Å². The second-order valence-corrected chi connectivity index (χ2v) is 13.9. The third-order valence-electron chi connectivity index (χ3n) is 8.17. The van der Waals surface area contributed by atoms with E-state index in [9.17, 15) is 9.59 Å². The molecule has 214 valence electrons. The lowest BCUT2D eigenvalue weighted by Gasteiger charge is -2.33. The summed E-state index contributed by atoms with van der Waals surface area (Å²) in [5, 5.41) is 4.86. The molecule has 0 bridgehead atoms. The van der Waals surface area contributed by atoms with E-state index in [4.69, 9.17) is 28.2 Å². The average molecular weight is 617 g/mol. The van der Waals surface area contributed by atoms with Crippen LogP contribution in [0.25, 0.3) is 0 Å². The number of carbonyl (C=O) groups is 2. The van der Waals surface area contributed by atoms with Crippen molar-refractivity contribution in [2.75, 3.05) is 10.2 Å². The fraction of sp³-hybridized carbons (Fsp3) is 0.265. The first-order chi connectivity index (χ1) is 20.1. The standard InChI is InChI=1S/C34H31Cl2N3O2S/c1-34(2,3)21-10-17-26-28(18-21)42-32(29(26)31(40)37-24-15-13-23(36)14-16-24)38-30-25-6-4-5-7-27(25)39(33(30)41)19-20-8-11-22(35)12-9-20/h4-9,11-16,21H,10,17-19H2,1-3H3,(H,37,40)/t21-/m1/s1. The Morgan fingerprint density at radius 1 is 1.00 bits per heavy atom. The monoisotopic (exact) mass is 615 g/mol. The second-order valence-electron chi connectivity index (χ2n) is 11.9. The Morgan fingerprint density at radius 3 is 2.36 bits per heavy atom. The Bertz CT molecular complexity index is 1700. The summed E-state index contributed by atoms with van der Waals surface area (Å²) in [5.74, 6) is 0.0920. The van der Waals surface area contributed by atoms with Gasteiger partial charge in [0.1, 0.15) is 10.7 Å². The van der Waals surface area contributed by atoms with E-state index >= 15 is 0 Å². The van der Waals surface area contributed by atoms with Crippen molar-refractivity contribution in [1.29, 1.82) is 0 Å². The molecule has 0 radical (unpaired) electrons. The maximum absolute atomic E-state index is 13.9. The van der Waals surface area contributed by atoms with E-state index in [1.54, 1.807) is 29.2 Å². The number of carbonyl (C=O) groups excluding carboxylic acids is 2. The SMILES string of the molecule is CC(C)(C)[C@@H]1CCc2c(sc(N=C3C(=O)N(Cc4ccc(Cl)cc4)c4ccccc43)c2C(=O)Nc2ccc(Cl)cc2)C1. The van der Waals surface area contributed by atoms with Gasteiger partial charge in [0.25, 0.3) is 11.8 Å². The first kappa shape index (κ1) is 28.7. The zero-order valence-electron chi connectivity index (χ0n) is 23.7.